The molecule has 63 heavy (non-hydrogen) atoms. The second-order valence-electron chi connectivity index (χ2n) is 15.9. The molecule has 0 saturated heterocycles. The average Bonchev–Trinajstić information content (AvgIpc) is 4.02. The van der Waals surface area contributed by atoms with E-state index in [1.807, 2.05) is 48.5 Å². The first kappa shape index (κ1) is 35.2. The Morgan fingerprint density at radius 2 is 0.873 bits per heavy atom. The van der Waals surface area contributed by atoms with Gasteiger partial charge in [0.2, 0.25) is 5.95 Å². The average molecular weight is 806 g/mol. The molecule has 9 aromatic carbocycles. The summed E-state index contributed by atoms with van der Waals surface area (Å²) in [6.07, 6.45) is 0. The van der Waals surface area contributed by atoms with Crippen molar-refractivity contribution in [3.8, 4) is 56.7 Å². The molecule has 4 aromatic heterocycles. The minimum absolute atomic E-state index is 0.561. The van der Waals surface area contributed by atoms with E-state index < -0.39 is 0 Å². The lowest BCUT2D eigenvalue weighted by Gasteiger charge is -2.16. The van der Waals surface area contributed by atoms with Gasteiger partial charge in [0.1, 0.15) is 11.2 Å². The largest absolute Gasteiger partial charge is 0.456 e. The van der Waals surface area contributed by atoms with Gasteiger partial charge in [-0.3, -0.25) is 4.57 Å². The molecule has 13 aromatic rings. The van der Waals surface area contributed by atoms with Crippen LogP contribution in [0.2, 0.25) is 0 Å². The number of hydrogen-bond acceptors (Lipinski definition) is 4. The highest BCUT2D eigenvalue weighted by Gasteiger charge is 2.25. The molecule has 0 unspecified atom stereocenters. The Balaban J connectivity index is 1.13. The van der Waals surface area contributed by atoms with Crippen molar-refractivity contribution in [1.82, 2.24) is 24.1 Å². The highest BCUT2D eigenvalue weighted by molar-refractivity contribution is 6.24. The van der Waals surface area contributed by atoms with Gasteiger partial charge in [-0.1, -0.05) is 164 Å². The number of para-hydroxylation sites is 3. The maximum Gasteiger partial charge on any atom is 0.238 e. The van der Waals surface area contributed by atoms with Gasteiger partial charge in [0.05, 0.1) is 22.1 Å². The molecule has 0 bridgehead atoms. The quantitative estimate of drug-likeness (QED) is 0.168. The molecule has 13 rings (SSSR count). The van der Waals surface area contributed by atoms with Crippen LogP contribution >= 0.6 is 0 Å². The van der Waals surface area contributed by atoms with E-state index in [4.69, 9.17) is 19.4 Å². The molecule has 0 N–H and O–H groups in total. The first-order valence-corrected chi connectivity index (χ1v) is 21.2. The lowest BCUT2D eigenvalue weighted by Crippen LogP contribution is -2.06. The molecule has 0 aliphatic rings. The van der Waals surface area contributed by atoms with Gasteiger partial charge in [0.25, 0.3) is 0 Å². The van der Waals surface area contributed by atoms with Gasteiger partial charge in [0.15, 0.2) is 11.6 Å². The molecule has 4 heterocycles. The predicted molar refractivity (Wildman–Crippen MR) is 258 cm³/mol. The van der Waals surface area contributed by atoms with E-state index in [1.165, 1.54) is 16.3 Å². The maximum atomic E-state index is 6.29. The summed E-state index contributed by atoms with van der Waals surface area (Å²) in [4.78, 5) is 15.5. The summed E-state index contributed by atoms with van der Waals surface area (Å²) in [7, 11) is 0. The van der Waals surface area contributed by atoms with E-state index in [2.05, 4.69) is 173 Å². The summed E-state index contributed by atoms with van der Waals surface area (Å²) in [5.41, 5.74) is 13.6. The lowest BCUT2D eigenvalue weighted by atomic mass is 9.88. The first-order valence-electron chi connectivity index (χ1n) is 21.2. The Hall–Kier alpha value is -8.61. The van der Waals surface area contributed by atoms with Crippen LogP contribution in [-0.4, -0.2) is 24.1 Å². The number of rotatable bonds is 6. The third-order valence-corrected chi connectivity index (χ3v) is 12.4. The molecular formula is C57H35N5O. The van der Waals surface area contributed by atoms with Crippen LogP contribution in [0, 0.1) is 0 Å². The van der Waals surface area contributed by atoms with Crippen molar-refractivity contribution >= 4 is 65.6 Å². The molecule has 0 radical (unpaired) electrons. The Kier molecular flexibility index (Phi) is 7.80. The molecule has 0 aliphatic heterocycles. The highest BCUT2D eigenvalue weighted by atomic mass is 16.3. The predicted octanol–water partition coefficient (Wildman–Crippen LogP) is 14.6. The fourth-order valence-corrected chi connectivity index (χ4v) is 9.67. The van der Waals surface area contributed by atoms with E-state index in [1.54, 1.807) is 0 Å². The summed E-state index contributed by atoms with van der Waals surface area (Å²) in [6.45, 7) is 0. The molecular weight excluding hydrogens is 771 g/mol. The molecule has 0 atom stereocenters. The van der Waals surface area contributed by atoms with Crippen molar-refractivity contribution in [3.63, 3.8) is 0 Å². The summed E-state index contributed by atoms with van der Waals surface area (Å²) in [5.74, 6) is 1.80. The van der Waals surface area contributed by atoms with Gasteiger partial charge in [0, 0.05) is 54.7 Å². The minimum Gasteiger partial charge on any atom is -0.456 e. The standard InChI is InChI=1S/C57H35N5O/c1-4-17-36(18-5-1)40-32-33-49-54(43-25-11-13-27-46(43)61(49)39-31-34-51-45(35-39)41-23-12-15-30-50(41)63-51)53(40)44-26-16-29-48-52(44)42-24-10-14-28-47(42)62(48)57-59-55(37-19-6-2-7-20-37)58-56(60-57)38-21-8-3-9-22-38/h1-35H. The highest BCUT2D eigenvalue weighted by Crippen LogP contribution is 2.48. The molecule has 294 valence electrons. The molecule has 0 saturated carbocycles. The summed E-state index contributed by atoms with van der Waals surface area (Å²) < 4.78 is 10.9. The molecule has 0 amide bonds. The summed E-state index contributed by atoms with van der Waals surface area (Å²) >= 11 is 0. The Labute approximate surface area is 361 Å². The smallest absolute Gasteiger partial charge is 0.238 e. The zero-order valence-electron chi connectivity index (χ0n) is 33.9. The zero-order chi connectivity index (χ0) is 41.4. The van der Waals surface area contributed by atoms with E-state index in [-0.39, 0.29) is 0 Å². The molecule has 6 nitrogen and oxygen atoms in total. The Morgan fingerprint density at radius 3 is 1.57 bits per heavy atom. The van der Waals surface area contributed by atoms with E-state index in [0.29, 0.717) is 17.6 Å². The van der Waals surface area contributed by atoms with E-state index in [9.17, 15) is 0 Å². The molecule has 0 aliphatic carbocycles. The number of hydrogen-bond donors (Lipinski definition) is 0. The van der Waals surface area contributed by atoms with E-state index >= 15 is 0 Å². The molecule has 0 fully saturated rings. The van der Waals surface area contributed by atoms with Crippen LogP contribution < -0.4 is 0 Å². The third-order valence-electron chi connectivity index (χ3n) is 12.4. The van der Waals surface area contributed by atoms with Gasteiger partial charge in [-0.25, -0.2) is 4.98 Å². The first-order chi connectivity index (χ1) is 31.3. The van der Waals surface area contributed by atoms with Crippen LogP contribution in [0.15, 0.2) is 217 Å². The number of benzene rings is 9. The van der Waals surface area contributed by atoms with E-state index in [0.717, 1.165) is 88.3 Å². The lowest BCUT2D eigenvalue weighted by molar-refractivity contribution is 0.669. The number of nitrogens with zero attached hydrogens (tertiary/aromatic N) is 5. The van der Waals surface area contributed by atoms with Crippen LogP contribution in [0.4, 0.5) is 0 Å². The maximum absolute atomic E-state index is 6.29. The van der Waals surface area contributed by atoms with Crippen LogP contribution in [-0.2, 0) is 0 Å². The van der Waals surface area contributed by atoms with Gasteiger partial charge in [-0.15, -0.1) is 0 Å². The zero-order valence-corrected chi connectivity index (χ0v) is 33.9. The van der Waals surface area contributed by atoms with Crippen molar-refractivity contribution in [2.75, 3.05) is 0 Å². The van der Waals surface area contributed by atoms with Crippen molar-refractivity contribution in [1.29, 1.82) is 0 Å². The normalized spacial score (nSPS) is 11.8. The SMILES string of the molecule is c1ccc(-c2nc(-c3ccccc3)nc(-n3c4ccccc4c4c(-c5c(-c6ccccc6)ccc6c5c5ccccc5n6-c5ccc6oc7ccccc7c6c5)cccc43)n2)cc1. The topological polar surface area (TPSA) is 61.7 Å². The fourth-order valence-electron chi connectivity index (χ4n) is 9.67. The fraction of sp³-hybridized carbons (Fsp3) is 0. The summed E-state index contributed by atoms with van der Waals surface area (Å²) in [5, 5.41) is 6.81. The summed E-state index contributed by atoms with van der Waals surface area (Å²) in [6, 6.07) is 74.6. The minimum atomic E-state index is 0.561. The van der Waals surface area contributed by atoms with Gasteiger partial charge < -0.3 is 8.98 Å². The third kappa shape index (κ3) is 5.48. The second kappa shape index (κ2) is 14.0. The Bertz CT molecular complexity index is 3850. The van der Waals surface area contributed by atoms with Gasteiger partial charge >= 0.3 is 0 Å². The van der Waals surface area contributed by atoms with Gasteiger partial charge in [-0.2, -0.15) is 9.97 Å². The monoisotopic (exact) mass is 805 g/mol. The van der Waals surface area contributed by atoms with Crippen molar-refractivity contribution in [3.05, 3.63) is 212 Å². The van der Waals surface area contributed by atoms with Crippen molar-refractivity contribution in [2.24, 2.45) is 0 Å². The van der Waals surface area contributed by atoms with Crippen LogP contribution in [0.3, 0.4) is 0 Å². The second-order valence-corrected chi connectivity index (χ2v) is 15.9. The van der Waals surface area contributed by atoms with Crippen LogP contribution in [0.25, 0.3) is 122 Å². The van der Waals surface area contributed by atoms with Crippen LogP contribution in [0.1, 0.15) is 0 Å². The number of fused-ring (bicyclic) bond motifs is 9. The Morgan fingerprint density at radius 1 is 0.333 bits per heavy atom. The van der Waals surface area contributed by atoms with Crippen LogP contribution in [0.5, 0.6) is 0 Å². The molecule has 6 heteroatoms. The van der Waals surface area contributed by atoms with Crippen molar-refractivity contribution < 1.29 is 4.42 Å². The number of aromatic nitrogens is 5. The van der Waals surface area contributed by atoms with Gasteiger partial charge in [-0.05, 0) is 65.2 Å². The van der Waals surface area contributed by atoms with Crippen molar-refractivity contribution in [2.45, 2.75) is 0 Å². The number of furan rings is 1. The molecule has 0 spiro atoms.